The highest BCUT2D eigenvalue weighted by atomic mass is 35.5. The number of nitrogens with one attached hydrogen (secondary N) is 1. The maximum absolute atomic E-state index is 14.3. The van der Waals surface area contributed by atoms with Crippen molar-refractivity contribution in [1.82, 2.24) is 14.9 Å². The Morgan fingerprint density at radius 2 is 1.84 bits per heavy atom. The number of hydrogen-bond donors (Lipinski definition) is 1. The Balaban J connectivity index is 1.37. The van der Waals surface area contributed by atoms with Gasteiger partial charge in [0.05, 0.1) is 28.0 Å². The van der Waals surface area contributed by atoms with Gasteiger partial charge in [-0.3, -0.25) is 9.69 Å². The van der Waals surface area contributed by atoms with Crippen molar-refractivity contribution in [3.05, 3.63) is 59.1 Å². The van der Waals surface area contributed by atoms with Gasteiger partial charge in [-0.05, 0) is 30.3 Å². The van der Waals surface area contributed by atoms with Crippen molar-refractivity contribution in [2.45, 2.75) is 6.18 Å². The Morgan fingerprint density at radius 1 is 1.09 bits per heavy atom. The molecule has 4 rings (SSSR count). The second-order valence-electron chi connectivity index (χ2n) is 7.33. The number of benzene rings is 2. The first-order valence-corrected chi connectivity index (χ1v) is 10.1. The highest BCUT2D eigenvalue weighted by molar-refractivity contribution is 6.31. The summed E-state index contributed by atoms with van der Waals surface area (Å²) in [5, 5.41) is 2.40. The topological polar surface area (TPSA) is 61.4 Å². The minimum absolute atomic E-state index is 0.0106. The molecule has 1 aliphatic rings. The van der Waals surface area contributed by atoms with E-state index in [1.807, 2.05) is 9.80 Å². The molecule has 168 valence electrons. The van der Waals surface area contributed by atoms with Crippen molar-refractivity contribution in [2.24, 2.45) is 0 Å². The van der Waals surface area contributed by atoms with Crippen LogP contribution < -0.4 is 10.2 Å². The van der Waals surface area contributed by atoms with Gasteiger partial charge >= 0.3 is 6.18 Å². The van der Waals surface area contributed by atoms with Crippen LogP contribution in [-0.4, -0.2) is 53.5 Å². The second kappa shape index (κ2) is 8.87. The maximum atomic E-state index is 14.3. The van der Waals surface area contributed by atoms with E-state index in [1.54, 1.807) is 12.1 Å². The standard InChI is InChI=1S/C21H18ClF4N5O/c22-15-5-4-13(10-14(15)21(24,25)26)29-18(32)11-30-6-8-31(9-7-30)20-19-16(23)2-1-3-17(19)27-12-28-20/h1-5,10,12H,6-9,11H2,(H,29,32). The van der Waals surface area contributed by atoms with Crippen LogP contribution in [0.25, 0.3) is 10.9 Å². The third-order valence-electron chi connectivity index (χ3n) is 5.19. The number of carbonyl (C=O) groups excluding carboxylic acids is 1. The zero-order valence-electron chi connectivity index (χ0n) is 16.7. The van der Waals surface area contributed by atoms with Crippen LogP contribution in [-0.2, 0) is 11.0 Å². The summed E-state index contributed by atoms with van der Waals surface area (Å²) in [5.41, 5.74) is -0.471. The number of piperazine rings is 1. The third-order valence-corrected chi connectivity index (χ3v) is 5.52. The number of amides is 1. The van der Waals surface area contributed by atoms with Crippen molar-refractivity contribution in [2.75, 3.05) is 42.9 Å². The Kier molecular flexibility index (Phi) is 6.16. The first kappa shape index (κ1) is 22.2. The molecule has 11 heteroatoms. The molecule has 6 nitrogen and oxygen atoms in total. The quantitative estimate of drug-likeness (QED) is 0.583. The first-order chi connectivity index (χ1) is 15.2. The number of nitrogens with zero attached hydrogens (tertiary/aromatic N) is 4. The summed E-state index contributed by atoms with van der Waals surface area (Å²) in [7, 11) is 0. The minimum Gasteiger partial charge on any atom is -0.353 e. The number of anilines is 2. The molecule has 1 saturated heterocycles. The van der Waals surface area contributed by atoms with Gasteiger partial charge in [0.2, 0.25) is 5.91 Å². The van der Waals surface area contributed by atoms with Crippen molar-refractivity contribution < 1.29 is 22.4 Å². The molecule has 3 aromatic rings. The van der Waals surface area contributed by atoms with Crippen molar-refractivity contribution in [3.63, 3.8) is 0 Å². The Morgan fingerprint density at radius 3 is 2.56 bits per heavy atom. The molecule has 0 saturated carbocycles. The SMILES string of the molecule is O=C(CN1CCN(c2ncnc3cccc(F)c23)CC1)Nc1ccc(Cl)c(C(F)(F)F)c1. The number of halogens is 5. The number of carbonyl (C=O) groups is 1. The summed E-state index contributed by atoms with van der Waals surface area (Å²) >= 11 is 5.61. The van der Waals surface area contributed by atoms with Gasteiger partial charge in [-0.15, -0.1) is 0 Å². The molecule has 0 radical (unpaired) electrons. The second-order valence-corrected chi connectivity index (χ2v) is 7.74. The fourth-order valence-electron chi connectivity index (χ4n) is 3.63. The van der Waals surface area contributed by atoms with Crippen LogP contribution >= 0.6 is 11.6 Å². The molecule has 1 aliphatic heterocycles. The Hall–Kier alpha value is -2.98. The predicted octanol–water partition coefficient (Wildman–Crippen LogP) is 4.20. The summed E-state index contributed by atoms with van der Waals surface area (Å²) in [4.78, 5) is 24.5. The molecule has 1 N–H and O–H groups in total. The Labute approximate surface area is 185 Å². The number of hydrogen-bond acceptors (Lipinski definition) is 5. The molecule has 2 heterocycles. The summed E-state index contributed by atoms with van der Waals surface area (Å²) in [6, 6.07) is 7.89. The van der Waals surface area contributed by atoms with E-state index in [0.29, 0.717) is 42.9 Å². The fraction of sp³-hybridized carbons (Fsp3) is 0.286. The van der Waals surface area contributed by atoms with Crippen LogP contribution in [0.3, 0.4) is 0 Å². The lowest BCUT2D eigenvalue weighted by Crippen LogP contribution is -2.49. The van der Waals surface area contributed by atoms with E-state index in [2.05, 4.69) is 15.3 Å². The van der Waals surface area contributed by atoms with Crippen LogP contribution in [0.4, 0.5) is 29.1 Å². The number of aromatic nitrogens is 2. The van der Waals surface area contributed by atoms with E-state index in [0.717, 1.165) is 12.1 Å². The van der Waals surface area contributed by atoms with Gasteiger partial charge in [0.25, 0.3) is 0 Å². The third kappa shape index (κ3) is 4.76. The van der Waals surface area contributed by atoms with E-state index in [-0.39, 0.29) is 12.2 Å². The van der Waals surface area contributed by atoms with Gasteiger partial charge in [0, 0.05) is 31.9 Å². The number of rotatable bonds is 4. The maximum Gasteiger partial charge on any atom is 0.417 e. The minimum atomic E-state index is -4.61. The van der Waals surface area contributed by atoms with Crippen LogP contribution in [0, 0.1) is 5.82 Å². The molecule has 1 fully saturated rings. The predicted molar refractivity (Wildman–Crippen MR) is 113 cm³/mol. The van der Waals surface area contributed by atoms with E-state index in [9.17, 15) is 22.4 Å². The summed E-state index contributed by atoms with van der Waals surface area (Å²) in [5.74, 6) is -0.341. The highest BCUT2D eigenvalue weighted by Gasteiger charge is 2.33. The molecule has 32 heavy (non-hydrogen) atoms. The van der Waals surface area contributed by atoms with Crippen molar-refractivity contribution in [3.8, 4) is 0 Å². The summed E-state index contributed by atoms with van der Waals surface area (Å²) in [6.07, 6.45) is -3.23. The number of alkyl halides is 3. The molecule has 0 aliphatic carbocycles. The monoisotopic (exact) mass is 467 g/mol. The van der Waals surface area contributed by atoms with E-state index < -0.39 is 28.5 Å². The molecule has 0 spiro atoms. The molecule has 0 atom stereocenters. The molecular formula is C21H18ClF4N5O. The summed E-state index contributed by atoms with van der Waals surface area (Å²) in [6.45, 7) is 2.03. The van der Waals surface area contributed by atoms with Gasteiger partial charge in [-0.25, -0.2) is 14.4 Å². The lowest BCUT2D eigenvalue weighted by atomic mass is 10.2. The molecule has 0 unspecified atom stereocenters. The Bertz CT molecular complexity index is 1140. The van der Waals surface area contributed by atoms with E-state index >= 15 is 0 Å². The average molecular weight is 468 g/mol. The van der Waals surface area contributed by atoms with Gasteiger partial charge in [0.1, 0.15) is 18.0 Å². The van der Waals surface area contributed by atoms with Gasteiger partial charge in [-0.2, -0.15) is 13.2 Å². The lowest BCUT2D eigenvalue weighted by Gasteiger charge is -2.35. The van der Waals surface area contributed by atoms with Crippen LogP contribution in [0.2, 0.25) is 5.02 Å². The van der Waals surface area contributed by atoms with Gasteiger partial charge in [0.15, 0.2) is 0 Å². The van der Waals surface area contributed by atoms with Crippen LogP contribution in [0.5, 0.6) is 0 Å². The number of fused-ring (bicyclic) bond motifs is 1. The van der Waals surface area contributed by atoms with E-state index in [1.165, 1.54) is 18.5 Å². The van der Waals surface area contributed by atoms with Crippen molar-refractivity contribution >= 4 is 39.9 Å². The summed E-state index contributed by atoms with van der Waals surface area (Å²) < 4.78 is 53.3. The van der Waals surface area contributed by atoms with Gasteiger partial charge < -0.3 is 10.2 Å². The van der Waals surface area contributed by atoms with Gasteiger partial charge in [-0.1, -0.05) is 17.7 Å². The molecule has 0 bridgehead atoms. The molecule has 1 aromatic heterocycles. The fourth-order valence-corrected chi connectivity index (χ4v) is 3.86. The molecule has 2 aromatic carbocycles. The molecule has 1 amide bonds. The lowest BCUT2D eigenvalue weighted by molar-refractivity contribution is -0.137. The molecular weight excluding hydrogens is 450 g/mol. The zero-order chi connectivity index (χ0) is 22.9. The average Bonchev–Trinajstić information content (AvgIpc) is 2.75. The zero-order valence-corrected chi connectivity index (χ0v) is 17.4. The van der Waals surface area contributed by atoms with E-state index in [4.69, 9.17) is 11.6 Å². The smallest absolute Gasteiger partial charge is 0.353 e. The first-order valence-electron chi connectivity index (χ1n) is 9.75. The largest absolute Gasteiger partial charge is 0.417 e. The van der Waals surface area contributed by atoms with Crippen LogP contribution in [0.1, 0.15) is 5.56 Å². The normalized spacial score (nSPS) is 15.2. The van der Waals surface area contributed by atoms with Crippen LogP contribution in [0.15, 0.2) is 42.7 Å². The highest BCUT2D eigenvalue weighted by Crippen LogP contribution is 2.36. The van der Waals surface area contributed by atoms with Crippen molar-refractivity contribution in [1.29, 1.82) is 0 Å².